The fourth-order valence-electron chi connectivity index (χ4n) is 7.83. The molecule has 0 aliphatic heterocycles. The molecule has 8 aromatic rings. The van der Waals surface area contributed by atoms with Gasteiger partial charge in [0, 0.05) is 39.1 Å². The molecule has 53 heavy (non-hydrogen) atoms. The van der Waals surface area contributed by atoms with Crippen molar-refractivity contribution in [3.63, 3.8) is 0 Å². The molecular formula is C49H34N4. The van der Waals surface area contributed by atoms with Gasteiger partial charge >= 0.3 is 0 Å². The molecule has 4 heteroatoms. The molecule has 0 radical (unpaired) electrons. The summed E-state index contributed by atoms with van der Waals surface area (Å²) in [6.07, 6.45) is 12.2. The highest BCUT2D eigenvalue weighted by Gasteiger charge is 2.25. The number of benzene rings is 6. The van der Waals surface area contributed by atoms with E-state index in [1.807, 2.05) is 36.4 Å². The van der Waals surface area contributed by atoms with Gasteiger partial charge in [0.1, 0.15) is 0 Å². The Hall–Kier alpha value is -6.91. The molecular weight excluding hydrogens is 645 g/mol. The van der Waals surface area contributed by atoms with Crippen molar-refractivity contribution in [3.8, 4) is 39.6 Å². The summed E-state index contributed by atoms with van der Waals surface area (Å²) < 4.78 is 2.41. The summed E-state index contributed by atoms with van der Waals surface area (Å²) in [7, 11) is 0. The van der Waals surface area contributed by atoms with Crippen LogP contribution < -0.4 is 0 Å². The van der Waals surface area contributed by atoms with E-state index in [2.05, 4.69) is 156 Å². The highest BCUT2D eigenvalue weighted by atomic mass is 15.0. The van der Waals surface area contributed by atoms with E-state index in [1.165, 1.54) is 49.6 Å². The zero-order valence-corrected chi connectivity index (χ0v) is 29.0. The average molecular weight is 679 g/mol. The van der Waals surface area contributed by atoms with E-state index in [0.29, 0.717) is 17.5 Å². The summed E-state index contributed by atoms with van der Waals surface area (Å²) in [6.45, 7) is 0. The van der Waals surface area contributed by atoms with Crippen LogP contribution in [0.25, 0.3) is 72.5 Å². The van der Waals surface area contributed by atoms with Crippen molar-refractivity contribution in [2.24, 2.45) is 5.92 Å². The molecule has 0 amide bonds. The van der Waals surface area contributed by atoms with Crippen LogP contribution in [0.15, 0.2) is 194 Å². The van der Waals surface area contributed by atoms with Gasteiger partial charge in [-0.15, -0.1) is 0 Å². The highest BCUT2D eigenvalue weighted by molar-refractivity contribution is 6.15. The Bertz CT molecular complexity index is 2720. The normalized spacial score (nSPS) is 15.2. The number of rotatable bonds is 6. The van der Waals surface area contributed by atoms with Gasteiger partial charge < -0.3 is 4.57 Å². The van der Waals surface area contributed by atoms with Crippen LogP contribution in [0.3, 0.4) is 0 Å². The third kappa shape index (κ3) is 5.62. The summed E-state index contributed by atoms with van der Waals surface area (Å²) in [6, 6.07) is 55.4. The fourth-order valence-corrected chi connectivity index (χ4v) is 7.83. The Morgan fingerprint density at radius 1 is 0.491 bits per heavy atom. The van der Waals surface area contributed by atoms with Crippen molar-refractivity contribution in [2.75, 3.05) is 0 Å². The lowest BCUT2D eigenvalue weighted by Crippen LogP contribution is -2.10. The van der Waals surface area contributed by atoms with Gasteiger partial charge in [-0.3, -0.25) is 0 Å². The van der Waals surface area contributed by atoms with E-state index in [-0.39, 0.29) is 5.92 Å². The second kappa shape index (κ2) is 13.0. The van der Waals surface area contributed by atoms with E-state index < -0.39 is 0 Å². The van der Waals surface area contributed by atoms with Crippen molar-refractivity contribution in [3.05, 3.63) is 205 Å². The molecule has 2 aromatic heterocycles. The Balaban J connectivity index is 1.08. The molecule has 2 aliphatic rings. The van der Waals surface area contributed by atoms with E-state index in [9.17, 15) is 0 Å². The third-order valence-electron chi connectivity index (χ3n) is 10.4. The van der Waals surface area contributed by atoms with Crippen LogP contribution >= 0.6 is 0 Å². The molecule has 2 heterocycles. The molecule has 1 atom stereocenters. The minimum atomic E-state index is 0.185. The topological polar surface area (TPSA) is 43.6 Å². The van der Waals surface area contributed by atoms with Crippen LogP contribution in [0.5, 0.6) is 0 Å². The zero-order valence-electron chi connectivity index (χ0n) is 29.0. The lowest BCUT2D eigenvalue weighted by molar-refractivity contribution is 0.794. The number of nitrogens with zero attached hydrogens (tertiary/aromatic N) is 4. The standard InChI is InChI=1S/C49H34N4/c1-5-14-33(15-6-1)37-28-29-44-43(32-37)46-42(22-13-23-45(46)53(44)41-20-11-4-12-21-41)38-26-24-34-25-27-39(31-40(34)30-38)49-51-47(35-16-7-2-8-17-35)50-48(52-49)36-18-9-3-10-19-36/h1-29,31-32,40H,30H2. The van der Waals surface area contributed by atoms with Crippen molar-refractivity contribution in [1.29, 1.82) is 0 Å². The van der Waals surface area contributed by atoms with Gasteiger partial charge in [0.05, 0.1) is 11.0 Å². The largest absolute Gasteiger partial charge is 0.309 e. The van der Waals surface area contributed by atoms with Crippen LogP contribution in [-0.2, 0) is 0 Å². The molecule has 2 aliphatic carbocycles. The molecule has 250 valence electrons. The minimum absolute atomic E-state index is 0.185. The molecule has 4 nitrogen and oxygen atoms in total. The summed E-state index contributed by atoms with van der Waals surface area (Å²) in [5, 5.41) is 2.53. The molecule has 0 bridgehead atoms. The Labute approximate surface area is 308 Å². The molecule has 10 rings (SSSR count). The fraction of sp³-hybridized carbons (Fsp3) is 0.0408. The quantitative estimate of drug-likeness (QED) is 0.176. The van der Waals surface area contributed by atoms with E-state index in [1.54, 1.807) is 0 Å². The molecule has 0 saturated heterocycles. The number of hydrogen-bond acceptors (Lipinski definition) is 3. The van der Waals surface area contributed by atoms with Crippen molar-refractivity contribution in [1.82, 2.24) is 19.5 Å². The Morgan fingerprint density at radius 3 is 1.79 bits per heavy atom. The third-order valence-corrected chi connectivity index (χ3v) is 10.4. The molecule has 0 saturated carbocycles. The second-order valence-electron chi connectivity index (χ2n) is 13.6. The maximum absolute atomic E-state index is 5.03. The number of allylic oxidation sites excluding steroid dienone is 8. The number of para-hydroxylation sites is 1. The Kier molecular flexibility index (Phi) is 7.58. The first-order chi connectivity index (χ1) is 26.3. The first kappa shape index (κ1) is 30.9. The maximum atomic E-state index is 5.03. The van der Waals surface area contributed by atoms with Crippen LogP contribution in [-0.4, -0.2) is 19.5 Å². The molecule has 6 aromatic carbocycles. The lowest BCUT2D eigenvalue weighted by atomic mass is 9.80. The summed E-state index contributed by atoms with van der Waals surface area (Å²) >= 11 is 0. The summed E-state index contributed by atoms with van der Waals surface area (Å²) in [5.41, 5.74) is 12.8. The van der Waals surface area contributed by atoms with Gasteiger partial charge in [-0.25, -0.2) is 15.0 Å². The van der Waals surface area contributed by atoms with E-state index in [0.717, 1.165) is 28.8 Å². The molecule has 0 fully saturated rings. The summed E-state index contributed by atoms with van der Waals surface area (Å²) in [4.78, 5) is 15.0. The minimum Gasteiger partial charge on any atom is -0.309 e. The average Bonchev–Trinajstić information content (AvgIpc) is 3.58. The SMILES string of the molecule is C1=CC2=CC=C(c3cccc4c3c3cc(-c5ccccc5)ccc3n4-c3ccccc3)CC2C=C1c1nc(-c2ccccc2)nc(-c2ccccc2)n1. The van der Waals surface area contributed by atoms with Crippen LogP contribution in [0.2, 0.25) is 0 Å². The second-order valence-corrected chi connectivity index (χ2v) is 13.6. The number of fused-ring (bicyclic) bond motifs is 4. The first-order valence-corrected chi connectivity index (χ1v) is 18.1. The van der Waals surface area contributed by atoms with Crippen molar-refractivity contribution in [2.45, 2.75) is 6.42 Å². The van der Waals surface area contributed by atoms with E-state index in [4.69, 9.17) is 15.0 Å². The monoisotopic (exact) mass is 678 g/mol. The van der Waals surface area contributed by atoms with Gasteiger partial charge in [0.2, 0.25) is 0 Å². The van der Waals surface area contributed by atoms with Crippen LogP contribution in [0, 0.1) is 5.92 Å². The lowest BCUT2D eigenvalue weighted by Gasteiger charge is -2.25. The number of hydrogen-bond donors (Lipinski definition) is 0. The van der Waals surface area contributed by atoms with Crippen molar-refractivity contribution >= 4 is 33.0 Å². The van der Waals surface area contributed by atoms with Gasteiger partial charge in [-0.1, -0.05) is 158 Å². The number of aromatic nitrogens is 4. The Morgan fingerprint density at radius 2 is 1.11 bits per heavy atom. The van der Waals surface area contributed by atoms with Crippen molar-refractivity contribution < 1.29 is 0 Å². The maximum Gasteiger partial charge on any atom is 0.164 e. The predicted octanol–water partition coefficient (Wildman–Crippen LogP) is 12.0. The molecule has 0 spiro atoms. The molecule has 1 unspecified atom stereocenters. The zero-order chi connectivity index (χ0) is 35.1. The summed E-state index contributed by atoms with van der Waals surface area (Å²) in [5.74, 6) is 2.21. The molecule has 0 N–H and O–H groups in total. The van der Waals surface area contributed by atoms with Crippen LogP contribution in [0.4, 0.5) is 0 Å². The highest BCUT2D eigenvalue weighted by Crippen LogP contribution is 2.43. The van der Waals surface area contributed by atoms with E-state index >= 15 is 0 Å². The van der Waals surface area contributed by atoms with Gasteiger partial charge in [-0.05, 0) is 64.6 Å². The van der Waals surface area contributed by atoms with Gasteiger partial charge in [0.15, 0.2) is 17.5 Å². The first-order valence-electron chi connectivity index (χ1n) is 18.1. The smallest absolute Gasteiger partial charge is 0.164 e. The predicted molar refractivity (Wildman–Crippen MR) is 218 cm³/mol. The van der Waals surface area contributed by atoms with Crippen LogP contribution in [0.1, 0.15) is 17.8 Å². The van der Waals surface area contributed by atoms with Gasteiger partial charge in [0.25, 0.3) is 0 Å². The van der Waals surface area contributed by atoms with Gasteiger partial charge in [-0.2, -0.15) is 0 Å².